The molecule has 6 heteroatoms. The van der Waals surface area contributed by atoms with Crippen molar-refractivity contribution in [3.05, 3.63) is 81.8 Å². The molecule has 0 radical (unpaired) electrons. The quantitative estimate of drug-likeness (QED) is 0.677. The Kier molecular flexibility index (Phi) is 5.90. The molecule has 0 saturated heterocycles. The average Bonchev–Trinajstić information content (AvgIpc) is 3.21. The molecular formula is C22H21FN2O2S. The summed E-state index contributed by atoms with van der Waals surface area (Å²) >= 11 is 1.55. The summed E-state index contributed by atoms with van der Waals surface area (Å²) in [5.74, 6) is -1.08. The third-order valence-electron chi connectivity index (χ3n) is 4.43. The van der Waals surface area contributed by atoms with Gasteiger partial charge in [-0.25, -0.2) is 4.39 Å². The molecule has 1 heterocycles. The lowest BCUT2D eigenvalue weighted by Crippen LogP contribution is -2.26. The van der Waals surface area contributed by atoms with Crippen molar-refractivity contribution in [3.8, 4) is 11.1 Å². The van der Waals surface area contributed by atoms with Crippen LogP contribution in [-0.4, -0.2) is 30.8 Å². The van der Waals surface area contributed by atoms with E-state index < -0.39 is 5.82 Å². The van der Waals surface area contributed by atoms with E-state index in [2.05, 4.69) is 5.32 Å². The van der Waals surface area contributed by atoms with E-state index in [4.69, 9.17) is 0 Å². The third kappa shape index (κ3) is 4.28. The first-order valence-corrected chi connectivity index (χ1v) is 9.75. The zero-order chi connectivity index (χ0) is 20.3. The number of benzene rings is 2. The number of hydrogen-bond donors (Lipinski definition) is 1. The first-order valence-electron chi connectivity index (χ1n) is 8.81. The van der Waals surface area contributed by atoms with Gasteiger partial charge in [-0.3, -0.25) is 9.59 Å². The Bertz CT molecular complexity index is 1000. The molecule has 144 valence electrons. The molecule has 1 atom stereocenters. The molecular weight excluding hydrogens is 375 g/mol. The summed E-state index contributed by atoms with van der Waals surface area (Å²) in [6, 6.07) is 12.9. The van der Waals surface area contributed by atoms with Crippen molar-refractivity contribution in [1.82, 2.24) is 10.2 Å². The van der Waals surface area contributed by atoms with Crippen molar-refractivity contribution in [2.45, 2.75) is 13.0 Å². The Morgan fingerprint density at radius 2 is 1.86 bits per heavy atom. The number of nitrogens with zero attached hydrogens (tertiary/aromatic N) is 1. The maximum atomic E-state index is 14.3. The molecule has 0 aliphatic heterocycles. The Balaban J connectivity index is 1.95. The highest BCUT2D eigenvalue weighted by molar-refractivity contribution is 7.08. The SMILES string of the molecule is CC(NC(=O)c1cc(F)cc(-c2ccccc2C(=O)N(C)C)c1)c1ccsc1. The first-order chi connectivity index (χ1) is 13.4. The van der Waals surface area contributed by atoms with E-state index in [1.54, 1.807) is 55.8 Å². The van der Waals surface area contributed by atoms with Crippen molar-refractivity contribution in [2.75, 3.05) is 14.1 Å². The van der Waals surface area contributed by atoms with Gasteiger partial charge < -0.3 is 10.2 Å². The Morgan fingerprint density at radius 3 is 2.54 bits per heavy atom. The van der Waals surface area contributed by atoms with Gasteiger partial charge in [0.05, 0.1) is 6.04 Å². The van der Waals surface area contributed by atoms with E-state index >= 15 is 0 Å². The summed E-state index contributed by atoms with van der Waals surface area (Å²) in [5, 5.41) is 6.79. The summed E-state index contributed by atoms with van der Waals surface area (Å²) in [4.78, 5) is 26.6. The predicted octanol–water partition coefficient (Wildman–Crippen LogP) is 4.75. The molecule has 0 fully saturated rings. The van der Waals surface area contributed by atoms with Crippen molar-refractivity contribution >= 4 is 23.2 Å². The van der Waals surface area contributed by atoms with Crippen LogP contribution in [0.1, 0.15) is 39.2 Å². The Labute approximate surface area is 167 Å². The first kappa shape index (κ1) is 19.8. The van der Waals surface area contributed by atoms with Crippen LogP contribution in [0.15, 0.2) is 59.3 Å². The van der Waals surface area contributed by atoms with Crippen molar-refractivity contribution in [2.24, 2.45) is 0 Å². The lowest BCUT2D eigenvalue weighted by Gasteiger charge is -2.16. The van der Waals surface area contributed by atoms with Crippen molar-refractivity contribution in [1.29, 1.82) is 0 Å². The van der Waals surface area contributed by atoms with E-state index in [-0.39, 0.29) is 23.4 Å². The van der Waals surface area contributed by atoms with Gasteiger partial charge in [0, 0.05) is 25.2 Å². The van der Waals surface area contributed by atoms with E-state index in [1.165, 1.54) is 17.0 Å². The zero-order valence-corrected chi connectivity index (χ0v) is 16.7. The summed E-state index contributed by atoms with van der Waals surface area (Å²) in [6.45, 7) is 1.88. The van der Waals surface area contributed by atoms with Gasteiger partial charge in [0.15, 0.2) is 0 Å². The smallest absolute Gasteiger partial charge is 0.253 e. The van der Waals surface area contributed by atoms with Crippen molar-refractivity contribution in [3.63, 3.8) is 0 Å². The molecule has 28 heavy (non-hydrogen) atoms. The van der Waals surface area contributed by atoms with Gasteiger partial charge in [-0.05, 0) is 64.7 Å². The van der Waals surface area contributed by atoms with Gasteiger partial charge in [-0.1, -0.05) is 18.2 Å². The fourth-order valence-electron chi connectivity index (χ4n) is 2.92. The largest absolute Gasteiger partial charge is 0.345 e. The third-order valence-corrected chi connectivity index (χ3v) is 5.13. The number of thiophene rings is 1. The maximum Gasteiger partial charge on any atom is 0.253 e. The molecule has 0 bridgehead atoms. The number of halogens is 1. The minimum absolute atomic E-state index is 0.183. The second kappa shape index (κ2) is 8.35. The fourth-order valence-corrected chi connectivity index (χ4v) is 3.68. The highest BCUT2D eigenvalue weighted by Crippen LogP contribution is 2.27. The van der Waals surface area contributed by atoms with Gasteiger partial charge in [-0.2, -0.15) is 11.3 Å². The number of carbonyl (C=O) groups is 2. The molecule has 4 nitrogen and oxygen atoms in total. The summed E-state index contributed by atoms with van der Waals surface area (Å²) in [6.07, 6.45) is 0. The summed E-state index contributed by atoms with van der Waals surface area (Å²) in [5.41, 5.74) is 2.73. The van der Waals surface area contributed by atoms with Gasteiger partial charge in [0.2, 0.25) is 0 Å². The molecule has 2 amide bonds. The molecule has 2 aromatic carbocycles. The van der Waals surface area contributed by atoms with Gasteiger partial charge >= 0.3 is 0 Å². The molecule has 0 aliphatic carbocycles. The molecule has 0 spiro atoms. The van der Waals surface area contributed by atoms with Crippen LogP contribution < -0.4 is 5.32 Å². The highest BCUT2D eigenvalue weighted by atomic mass is 32.1. The maximum absolute atomic E-state index is 14.3. The molecule has 3 rings (SSSR count). The van der Waals surface area contributed by atoms with Gasteiger partial charge in [-0.15, -0.1) is 0 Å². The second-order valence-corrected chi connectivity index (χ2v) is 7.51. The zero-order valence-electron chi connectivity index (χ0n) is 15.9. The molecule has 0 saturated carbocycles. The van der Waals surface area contributed by atoms with E-state index in [0.29, 0.717) is 16.7 Å². The molecule has 0 aliphatic rings. The minimum Gasteiger partial charge on any atom is -0.345 e. The number of nitrogens with one attached hydrogen (secondary N) is 1. The van der Waals surface area contributed by atoms with Gasteiger partial charge in [0.1, 0.15) is 5.82 Å². The minimum atomic E-state index is -0.530. The monoisotopic (exact) mass is 396 g/mol. The van der Waals surface area contributed by atoms with Crippen LogP contribution in [0.2, 0.25) is 0 Å². The molecule has 1 N–H and O–H groups in total. The molecule has 1 aromatic heterocycles. The van der Waals surface area contributed by atoms with E-state index in [9.17, 15) is 14.0 Å². The molecule has 1 unspecified atom stereocenters. The van der Waals surface area contributed by atoms with Crippen LogP contribution in [0, 0.1) is 5.82 Å². The lowest BCUT2D eigenvalue weighted by atomic mass is 9.97. The fraction of sp³-hybridized carbons (Fsp3) is 0.182. The van der Waals surface area contributed by atoms with Crippen LogP contribution >= 0.6 is 11.3 Å². The number of rotatable bonds is 5. The topological polar surface area (TPSA) is 49.4 Å². The van der Waals surface area contributed by atoms with Crippen molar-refractivity contribution < 1.29 is 14.0 Å². The number of hydrogen-bond acceptors (Lipinski definition) is 3. The Hall–Kier alpha value is -2.99. The standard InChI is InChI=1S/C22H21FN2O2S/c1-14(15-8-9-28-13-15)24-21(26)17-10-16(11-18(23)12-17)19-6-4-5-7-20(19)22(27)25(2)3/h4-14H,1-3H3,(H,24,26). The summed E-state index contributed by atoms with van der Waals surface area (Å²) in [7, 11) is 3.32. The Morgan fingerprint density at radius 1 is 1.11 bits per heavy atom. The van der Waals surface area contributed by atoms with E-state index in [1.807, 2.05) is 23.8 Å². The average molecular weight is 396 g/mol. The second-order valence-electron chi connectivity index (χ2n) is 6.73. The normalized spacial score (nSPS) is 11.7. The van der Waals surface area contributed by atoms with Crippen LogP contribution in [0.25, 0.3) is 11.1 Å². The molecule has 3 aromatic rings. The van der Waals surface area contributed by atoms with Crippen LogP contribution in [0.5, 0.6) is 0 Å². The number of amides is 2. The lowest BCUT2D eigenvalue weighted by molar-refractivity contribution is 0.0828. The highest BCUT2D eigenvalue weighted by Gasteiger charge is 2.18. The van der Waals surface area contributed by atoms with Gasteiger partial charge in [0.25, 0.3) is 11.8 Å². The van der Waals surface area contributed by atoms with E-state index in [0.717, 1.165) is 5.56 Å². The van der Waals surface area contributed by atoms with Crippen LogP contribution in [0.3, 0.4) is 0 Å². The number of carbonyl (C=O) groups excluding carboxylic acids is 2. The summed E-state index contributed by atoms with van der Waals surface area (Å²) < 4.78 is 14.3. The van der Waals surface area contributed by atoms with Crippen LogP contribution in [-0.2, 0) is 0 Å². The van der Waals surface area contributed by atoms with Crippen LogP contribution in [0.4, 0.5) is 4.39 Å². The predicted molar refractivity (Wildman–Crippen MR) is 110 cm³/mol.